The van der Waals surface area contributed by atoms with Crippen LogP contribution in [0.15, 0.2) is 18.2 Å². The fourth-order valence-corrected chi connectivity index (χ4v) is 2.45. The second-order valence-electron chi connectivity index (χ2n) is 5.02. The molecular weight excluding hydrogens is 293 g/mol. The van der Waals surface area contributed by atoms with Gasteiger partial charge in [0.2, 0.25) is 5.91 Å². The lowest BCUT2D eigenvalue weighted by atomic mass is 9.68. The first-order valence-electron chi connectivity index (χ1n) is 6.16. The Bertz CT molecular complexity index is 521. The van der Waals surface area contributed by atoms with Gasteiger partial charge in [0.1, 0.15) is 0 Å². The Hall–Kier alpha value is -1.27. The van der Waals surface area contributed by atoms with Crippen LogP contribution in [-0.4, -0.2) is 12.5 Å². The van der Waals surface area contributed by atoms with E-state index in [4.69, 9.17) is 17.3 Å². The Morgan fingerprint density at radius 3 is 2.45 bits per heavy atom. The number of benzene rings is 1. The van der Waals surface area contributed by atoms with Gasteiger partial charge in [-0.05, 0) is 31.0 Å². The number of hydrogen-bond acceptors (Lipinski definition) is 2. The van der Waals surface area contributed by atoms with Crippen molar-refractivity contribution >= 4 is 23.2 Å². The molecule has 7 heteroatoms. The molecule has 0 aromatic heterocycles. The minimum Gasteiger partial charge on any atom is -0.329 e. The minimum atomic E-state index is -4.51. The monoisotopic (exact) mass is 306 g/mol. The highest BCUT2D eigenvalue weighted by Crippen LogP contribution is 2.41. The second kappa shape index (κ2) is 5.26. The number of carbonyl (C=O) groups excluding carboxylic acids is 1. The first-order valence-corrected chi connectivity index (χ1v) is 6.54. The Morgan fingerprint density at radius 2 is 2.00 bits per heavy atom. The molecule has 1 aromatic carbocycles. The lowest BCUT2D eigenvalue weighted by Crippen LogP contribution is -2.47. The number of halogens is 4. The van der Waals surface area contributed by atoms with E-state index in [1.54, 1.807) is 0 Å². The fraction of sp³-hybridized carbons (Fsp3) is 0.462. The van der Waals surface area contributed by atoms with E-state index in [9.17, 15) is 18.0 Å². The summed E-state index contributed by atoms with van der Waals surface area (Å²) in [7, 11) is 0. The number of hydrogen-bond donors (Lipinski definition) is 2. The molecule has 0 radical (unpaired) electrons. The fourth-order valence-electron chi connectivity index (χ4n) is 2.22. The van der Waals surface area contributed by atoms with Crippen molar-refractivity contribution in [3.63, 3.8) is 0 Å². The van der Waals surface area contributed by atoms with E-state index < -0.39 is 17.2 Å². The summed E-state index contributed by atoms with van der Waals surface area (Å²) in [5, 5.41) is 2.41. The van der Waals surface area contributed by atoms with Gasteiger partial charge >= 0.3 is 6.18 Å². The van der Waals surface area contributed by atoms with Crippen LogP contribution in [0.2, 0.25) is 5.02 Å². The summed E-state index contributed by atoms with van der Waals surface area (Å²) in [6.07, 6.45) is -2.30. The van der Waals surface area contributed by atoms with Crippen molar-refractivity contribution in [2.24, 2.45) is 11.1 Å². The normalized spacial score (nSPS) is 17.4. The first-order chi connectivity index (χ1) is 9.27. The van der Waals surface area contributed by atoms with Crippen molar-refractivity contribution in [3.05, 3.63) is 28.8 Å². The average Bonchev–Trinajstić information content (AvgIpc) is 2.26. The van der Waals surface area contributed by atoms with Crippen molar-refractivity contribution in [1.82, 2.24) is 0 Å². The van der Waals surface area contributed by atoms with Crippen LogP contribution in [0.25, 0.3) is 0 Å². The van der Waals surface area contributed by atoms with Gasteiger partial charge in [-0.25, -0.2) is 0 Å². The van der Waals surface area contributed by atoms with Crippen LogP contribution in [0.1, 0.15) is 24.8 Å². The quantitative estimate of drug-likeness (QED) is 0.899. The molecule has 0 unspecified atom stereocenters. The van der Waals surface area contributed by atoms with E-state index in [1.165, 1.54) is 6.07 Å². The maximum Gasteiger partial charge on any atom is 0.416 e. The molecule has 0 heterocycles. The molecule has 1 aromatic rings. The smallest absolute Gasteiger partial charge is 0.329 e. The van der Waals surface area contributed by atoms with Gasteiger partial charge in [-0.15, -0.1) is 0 Å². The van der Waals surface area contributed by atoms with E-state index in [-0.39, 0.29) is 23.2 Å². The van der Waals surface area contributed by atoms with Crippen molar-refractivity contribution in [2.75, 3.05) is 11.9 Å². The number of alkyl halides is 3. The molecule has 0 spiro atoms. The number of nitrogens with one attached hydrogen (secondary N) is 1. The Balaban J connectivity index is 2.21. The summed E-state index contributed by atoms with van der Waals surface area (Å²) in [5.74, 6) is -0.346. The molecule has 1 fully saturated rings. The molecule has 1 aliphatic carbocycles. The maximum atomic E-state index is 12.7. The lowest BCUT2D eigenvalue weighted by molar-refractivity contribution is -0.137. The molecule has 1 aliphatic rings. The second-order valence-corrected chi connectivity index (χ2v) is 5.45. The topological polar surface area (TPSA) is 55.1 Å². The number of anilines is 1. The van der Waals surface area contributed by atoms with E-state index in [2.05, 4.69) is 5.32 Å². The Kier molecular flexibility index (Phi) is 3.97. The number of carbonyl (C=O) groups is 1. The predicted octanol–water partition coefficient (Wildman–Crippen LogP) is 3.43. The molecule has 0 bridgehead atoms. The molecular formula is C13H14ClF3N2O. The van der Waals surface area contributed by atoms with E-state index in [1.807, 2.05) is 0 Å². The summed E-state index contributed by atoms with van der Waals surface area (Å²) < 4.78 is 38.0. The highest BCUT2D eigenvalue weighted by molar-refractivity contribution is 6.31. The van der Waals surface area contributed by atoms with Crippen LogP contribution >= 0.6 is 11.6 Å². The third-order valence-corrected chi connectivity index (χ3v) is 3.88. The van der Waals surface area contributed by atoms with E-state index in [0.29, 0.717) is 12.8 Å². The molecule has 0 atom stereocenters. The number of nitrogens with two attached hydrogens (primary N) is 1. The van der Waals surface area contributed by atoms with Gasteiger partial charge in [-0.1, -0.05) is 18.0 Å². The lowest BCUT2D eigenvalue weighted by Gasteiger charge is -2.39. The molecule has 1 saturated carbocycles. The molecule has 0 aliphatic heterocycles. The number of rotatable bonds is 3. The van der Waals surface area contributed by atoms with E-state index >= 15 is 0 Å². The van der Waals surface area contributed by atoms with Crippen LogP contribution in [0.4, 0.5) is 18.9 Å². The average molecular weight is 307 g/mol. The third-order valence-electron chi connectivity index (χ3n) is 3.67. The van der Waals surface area contributed by atoms with Crippen LogP contribution in [0, 0.1) is 5.41 Å². The molecule has 2 rings (SSSR count). The van der Waals surface area contributed by atoms with Crippen LogP contribution in [0.3, 0.4) is 0 Å². The van der Waals surface area contributed by atoms with E-state index in [0.717, 1.165) is 18.6 Å². The van der Waals surface area contributed by atoms with Gasteiger partial charge in [0.25, 0.3) is 0 Å². The highest BCUT2D eigenvalue weighted by Gasteiger charge is 2.43. The molecule has 1 amide bonds. The molecule has 3 N–H and O–H groups in total. The predicted molar refractivity (Wildman–Crippen MR) is 70.4 cm³/mol. The van der Waals surface area contributed by atoms with Crippen molar-refractivity contribution < 1.29 is 18.0 Å². The van der Waals surface area contributed by atoms with Gasteiger partial charge in [0, 0.05) is 17.3 Å². The van der Waals surface area contributed by atoms with Gasteiger partial charge in [0.05, 0.1) is 11.0 Å². The summed E-state index contributed by atoms with van der Waals surface area (Å²) in [4.78, 5) is 12.1. The Morgan fingerprint density at radius 1 is 1.35 bits per heavy atom. The summed E-state index contributed by atoms with van der Waals surface area (Å²) in [6.45, 7) is 0.186. The molecule has 0 saturated heterocycles. The van der Waals surface area contributed by atoms with Crippen molar-refractivity contribution in [3.8, 4) is 0 Å². The highest BCUT2D eigenvalue weighted by atomic mass is 35.5. The largest absolute Gasteiger partial charge is 0.416 e. The molecule has 110 valence electrons. The van der Waals surface area contributed by atoms with Gasteiger partial charge in [-0.3, -0.25) is 4.79 Å². The first kappa shape index (κ1) is 15.1. The van der Waals surface area contributed by atoms with Gasteiger partial charge in [-0.2, -0.15) is 13.2 Å². The summed E-state index contributed by atoms with van der Waals surface area (Å²) in [6, 6.07) is 2.98. The van der Waals surface area contributed by atoms with Gasteiger partial charge < -0.3 is 11.1 Å². The van der Waals surface area contributed by atoms with Crippen LogP contribution in [0.5, 0.6) is 0 Å². The molecule has 20 heavy (non-hydrogen) atoms. The SMILES string of the molecule is NCC1(C(=O)Nc2cc(Cl)cc(C(F)(F)F)c2)CCC1. The summed E-state index contributed by atoms with van der Waals surface area (Å²) >= 11 is 5.66. The Labute approximate surface area is 119 Å². The zero-order chi connectivity index (χ0) is 15.0. The summed E-state index contributed by atoms with van der Waals surface area (Å²) in [5.41, 5.74) is 4.08. The number of amides is 1. The minimum absolute atomic E-state index is 0.0366. The van der Waals surface area contributed by atoms with Crippen molar-refractivity contribution in [1.29, 1.82) is 0 Å². The maximum absolute atomic E-state index is 12.7. The molecule has 3 nitrogen and oxygen atoms in total. The van der Waals surface area contributed by atoms with Crippen LogP contribution < -0.4 is 11.1 Å². The van der Waals surface area contributed by atoms with Crippen LogP contribution in [-0.2, 0) is 11.0 Å². The van der Waals surface area contributed by atoms with Crippen molar-refractivity contribution in [2.45, 2.75) is 25.4 Å². The van der Waals surface area contributed by atoms with Gasteiger partial charge in [0.15, 0.2) is 0 Å². The third kappa shape index (κ3) is 2.91. The zero-order valence-electron chi connectivity index (χ0n) is 10.6. The standard InChI is InChI=1S/C13H14ClF3N2O/c14-9-4-8(13(15,16)17)5-10(6-9)19-11(20)12(7-18)2-1-3-12/h4-6H,1-3,7,18H2,(H,19,20). The zero-order valence-corrected chi connectivity index (χ0v) is 11.3.